The van der Waals surface area contributed by atoms with Crippen molar-refractivity contribution >= 4 is 40.7 Å². The normalized spacial score (nSPS) is 10.7. The Balaban J connectivity index is 1.86. The van der Waals surface area contributed by atoms with Crippen LogP contribution in [0.1, 0.15) is 15.9 Å². The maximum atomic E-state index is 10.9. The second-order valence-corrected chi connectivity index (χ2v) is 5.90. The molecule has 24 heavy (non-hydrogen) atoms. The van der Waals surface area contributed by atoms with Crippen molar-refractivity contribution in [3.8, 4) is 0 Å². The fourth-order valence-electron chi connectivity index (χ4n) is 2.53. The Morgan fingerprint density at radius 1 is 1.29 bits per heavy atom. The van der Waals surface area contributed by atoms with E-state index in [0.29, 0.717) is 17.1 Å². The molecule has 6 nitrogen and oxygen atoms in total. The number of aromatic amines is 1. The quantitative estimate of drug-likeness (QED) is 0.631. The molecule has 4 N–H and O–H groups in total. The number of hydrogen-bond acceptors (Lipinski definition) is 5. The van der Waals surface area contributed by atoms with E-state index < -0.39 is 5.97 Å². The molecule has 3 aromatic rings. The molecule has 0 aliphatic heterocycles. The number of carbonyl (C=O) groups is 1. The molecule has 1 heterocycles. The number of anilines is 2. The Labute approximate surface area is 143 Å². The Morgan fingerprint density at radius 2 is 2.00 bits per heavy atom. The number of nitrogen functional groups attached to an aromatic ring is 1. The summed E-state index contributed by atoms with van der Waals surface area (Å²) in [5.41, 5.74) is 8.79. The van der Waals surface area contributed by atoms with Crippen molar-refractivity contribution in [2.45, 2.75) is 6.54 Å². The number of nitrogens with one attached hydrogen (secondary N) is 1. The van der Waals surface area contributed by atoms with Crippen molar-refractivity contribution in [3.63, 3.8) is 0 Å². The zero-order valence-electron chi connectivity index (χ0n) is 13.0. The van der Waals surface area contributed by atoms with Crippen LogP contribution in [0.2, 0.25) is 0 Å². The Bertz CT molecular complexity index is 966. The first-order chi connectivity index (χ1) is 11.4. The summed E-state index contributed by atoms with van der Waals surface area (Å²) in [4.78, 5) is 20.0. The number of hydrogen-bond donors (Lipinski definition) is 3. The molecule has 0 bridgehead atoms. The molecule has 0 aliphatic rings. The van der Waals surface area contributed by atoms with Crippen LogP contribution in [0, 0.1) is 4.64 Å². The molecule has 0 radical (unpaired) electrons. The van der Waals surface area contributed by atoms with E-state index in [9.17, 15) is 4.79 Å². The van der Waals surface area contributed by atoms with Gasteiger partial charge in [0.05, 0.1) is 11.1 Å². The lowest BCUT2D eigenvalue weighted by Gasteiger charge is -2.20. The molecule has 0 amide bonds. The minimum atomic E-state index is -0.931. The number of carboxylic acid groups (broad SMARTS) is 1. The standard InChI is InChI=1S/C17H16N4O2S/c1-21(12-5-3-11(4-6-12)16(22)23)9-10-2-7-14-13(8-10)15(24)20-17(18)19-14/h2-8H,9H2,1H3,(H,22,23)(H3,18,19,20,24). The lowest BCUT2D eigenvalue weighted by atomic mass is 10.1. The average Bonchev–Trinajstić information content (AvgIpc) is 2.55. The summed E-state index contributed by atoms with van der Waals surface area (Å²) in [7, 11) is 1.95. The minimum Gasteiger partial charge on any atom is -0.478 e. The van der Waals surface area contributed by atoms with Gasteiger partial charge in [-0.25, -0.2) is 9.78 Å². The van der Waals surface area contributed by atoms with Gasteiger partial charge >= 0.3 is 5.97 Å². The molecular formula is C17H16N4O2S. The van der Waals surface area contributed by atoms with E-state index >= 15 is 0 Å². The van der Waals surface area contributed by atoms with Gasteiger partial charge in [-0.05, 0) is 42.0 Å². The number of H-pyrrole nitrogens is 1. The van der Waals surface area contributed by atoms with Crippen LogP contribution in [-0.2, 0) is 6.54 Å². The van der Waals surface area contributed by atoms with Gasteiger partial charge in [-0.1, -0.05) is 18.3 Å². The summed E-state index contributed by atoms with van der Waals surface area (Å²) in [5, 5.41) is 9.81. The van der Waals surface area contributed by atoms with Crippen LogP contribution >= 0.6 is 12.2 Å². The molecule has 0 aliphatic carbocycles. The van der Waals surface area contributed by atoms with Crippen molar-refractivity contribution in [2.24, 2.45) is 0 Å². The lowest BCUT2D eigenvalue weighted by molar-refractivity contribution is 0.0697. The minimum absolute atomic E-state index is 0.271. The lowest BCUT2D eigenvalue weighted by Crippen LogP contribution is -2.16. The third kappa shape index (κ3) is 3.21. The molecule has 0 saturated carbocycles. The first kappa shape index (κ1) is 15.9. The molecule has 0 unspecified atom stereocenters. The van der Waals surface area contributed by atoms with Crippen molar-refractivity contribution in [1.29, 1.82) is 0 Å². The van der Waals surface area contributed by atoms with E-state index in [1.54, 1.807) is 24.3 Å². The van der Waals surface area contributed by atoms with Crippen LogP contribution in [0.3, 0.4) is 0 Å². The number of benzene rings is 2. The highest BCUT2D eigenvalue weighted by atomic mass is 32.1. The first-order valence-corrected chi connectivity index (χ1v) is 7.68. The van der Waals surface area contributed by atoms with Crippen molar-refractivity contribution in [3.05, 3.63) is 58.2 Å². The van der Waals surface area contributed by atoms with E-state index in [4.69, 9.17) is 23.1 Å². The van der Waals surface area contributed by atoms with Gasteiger partial charge in [0.25, 0.3) is 0 Å². The van der Waals surface area contributed by atoms with Gasteiger partial charge in [0, 0.05) is 24.7 Å². The zero-order chi connectivity index (χ0) is 17.3. The van der Waals surface area contributed by atoms with Gasteiger partial charge in [-0.2, -0.15) is 0 Å². The second kappa shape index (κ2) is 6.29. The molecule has 3 rings (SSSR count). The Hall–Kier alpha value is -2.93. The smallest absolute Gasteiger partial charge is 0.335 e. The van der Waals surface area contributed by atoms with Crippen molar-refractivity contribution < 1.29 is 9.90 Å². The predicted molar refractivity (Wildman–Crippen MR) is 96.8 cm³/mol. The third-order valence-electron chi connectivity index (χ3n) is 3.77. The van der Waals surface area contributed by atoms with Crippen LogP contribution < -0.4 is 10.6 Å². The molecule has 2 aromatic carbocycles. The van der Waals surface area contributed by atoms with E-state index in [1.165, 1.54) is 0 Å². The van der Waals surface area contributed by atoms with Gasteiger partial charge < -0.3 is 20.7 Å². The molecule has 1 aromatic heterocycles. The van der Waals surface area contributed by atoms with Crippen molar-refractivity contribution in [2.75, 3.05) is 17.7 Å². The van der Waals surface area contributed by atoms with Crippen LogP contribution in [0.25, 0.3) is 10.9 Å². The summed E-state index contributed by atoms with van der Waals surface area (Å²) in [6.45, 7) is 0.654. The van der Waals surface area contributed by atoms with Crippen molar-refractivity contribution in [1.82, 2.24) is 9.97 Å². The number of carboxylic acids is 1. The number of fused-ring (bicyclic) bond motifs is 1. The zero-order valence-corrected chi connectivity index (χ0v) is 13.8. The highest BCUT2D eigenvalue weighted by Gasteiger charge is 2.07. The highest BCUT2D eigenvalue weighted by molar-refractivity contribution is 7.71. The average molecular weight is 340 g/mol. The predicted octanol–water partition coefficient (Wildman–Crippen LogP) is 3.21. The summed E-state index contributed by atoms with van der Waals surface area (Å²) < 4.78 is 0.469. The second-order valence-electron chi connectivity index (χ2n) is 5.52. The van der Waals surface area contributed by atoms with E-state index in [1.807, 2.05) is 30.1 Å². The number of nitrogens with two attached hydrogens (primary N) is 1. The van der Waals surface area contributed by atoms with E-state index in [0.717, 1.165) is 22.2 Å². The molecule has 0 atom stereocenters. The fourth-order valence-corrected chi connectivity index (χ4v) is 2.80. The number of nitrogens with zero attached hydrogens (tertiary/aromatic N) is 2. The number of aromatic nitrogens is 2. The number of rotatable bonds is 4. The largest absolute Gasteiger partial charge is 0.478 e. The van der Waals surface area contributed by atoms with Crippen LogP contribution in [0.5, 0.6) is 0 Å². The number of aromatic carboxylic acids is 1. The molecule has 0 spiro atoms. The maximum absolute atomic E-state index is 10.9. The van der Waals surface area contributed by atoms with Gasteiger partial charge in [0.2, 0.25) is 0 Å². The highest BCUT2D eigenvalue weighted by Crippen LogP contribution is 2.20. The van der Waals surface area contributed by atoms with Crippen LogP contribution in [-0.4, -0.2) is 28.1 Å². The van der Waals surface area contributed by atoms with E-state index in [2.05, 4.69) is 9.97 Å². The van der Waals surface area contributed by atoms with E-state index in [-0.39, 0.29) is 5.56 Å². The SMILES string of the molecule is CN(Cc1ccc2[nH]c(N)nc(=S)c2c1)c1ccc(C(=O)O)cc1. The maximum Gasteiger partial charge on any atom is 0.335 e. The molecule has 0 fully saturated rings. The Kier molecular flexibility index (Phi) is 4.18. The van der Waals surface area contributed by atoms with Gasteiger partial charge in [-0.15, -0.1) is 0 Å². The van der Waals surface area contributed by atoms with Gasteiger partial charge in [0.15, 0.2) is 5.95 Å². The van der Waals surface area contributed by atoms with Gasteiger partial charge in [0.1, 0.15) is 4.64 Å². The summed E-state index contributed by atoms with van der Waals surface area (Å²) in [6.07, 6.45) is 0. The summed E-state index contributed by atoms with van der Waals surface area (Å²) >= 11 is 5.27. The van der Waals surface area contributed by atoms with Crippen LogP contribution in [0.4, 0.5) is 11.6 Å². The first-order valence-electron chi connectivity index (χ1n) is 7.27. The topological polar surface area (TPSA) is 95.2 Å². The molecule has 122 valence electrons. The fraction of sp³-hybridized carbons (Fsp3) is 0.118. The van der Waals surface area contributed by atoms with Crippen LogP contribution in [0.15, 0.2) is 42.5 Å². The third-order valence-corrected chi connectivity index (χ3v) is 4.09. The Morgan fingerprint density at radius 3 is 2.67 bits per heavy atom. The van der Waals surface area contributed by atoms with Gasteiger partial charge in [-0.3, -0.25) is 0 Å². The molecule has 0 saturated heterocycles. The molecular weight excluding hydrogens is 324 g/mol. The monoisotopic (exact) mass is 340 g/mol. The summed E-state index contributed by atoms with van der Waals surface area (Å²) in [6, 6.07) is 12.7. The molecule has 7 heteroatoms. The summed E-state index contributed by atoms with van der Waals surface area (Å²) in [5.74, 6) is -0.629.